The standard InChI is InChI=1S/C18H26N2O/c1-12(2)11-15-16(18(4,5)6)17(21)19-20(15)14-10-8-7-9-13(14)3/h7-10,12H,11H2,1-6H3,(H,19,21). The molecule has 1 aromatic carbocycles. The Kier molecular flexibility index (Phi) is 4.13. The van der Waals surface area contributed by atoms with Crippen LogP contribution in [0.5, 0.6) is 5.88 Å². The van der Waals surface area contributed by atoms with Gasteiger partial charge in [0.05, 0.1) is 11.4 Å². The molecule has 1 heterocycles. The van der Waals surface area contributed by atoms with Gasteiger partial charge in [-0.05, 0) is 36.3 Å². The van der Waals surface area contributed by atoms with E-state index in [4.69, 9.17) is 0 Å². The highest BCUT2D eigenvalue weighted by molar-refractivity contribution is 5.46. The fourth-order valence-electron chi connectivity index (χ4n) is 2.78. The Bertz CT molecular complexity index is 633. The van der Waals surface area contributed by atoms with Crippen molar-refractivity contribution in [1.29, 1.82) is 0 Å². The fraction of sp³-hybridized carbons (Fsp3) is 0.500. The van der Waals surface area contributed by atoms with Crippen molar-refractivity contribution in [3.8, 4) is 11.6 Å². The molecule has 1 N–H and O–H groups in total. The van der Waals surface area contributed by atoms with Crippen LogP contribution in [0.25, 0.3) is 5.69 Å². The molecule has 0 atom stereocenters. The smallest absolute Gasteiger partial charge is 0.234 e. The molecule has 0 saturated heterocycles. The highest BCUT2D eigenvalue weighted by atomic mass is 16.3. The van der Waals surface area contributed by atoms with Crippen molar-refractivity contribution in [1.82, 2.24) is 9.78 Å². The van der Waals surface area contributed by atoms with Gasteiger partial charge in [-0.2, -0.15) is 0 Å². The SMILES string of the molecule is Cc1ccccc1-n1nc(O)c(C(C)(C)C)c1CC(C)C. The van der Waals surface area contributed by atoms with Gasteiger partial charge in [0.1, 0.15) is 0 Å². The van der Waals surface area contributed by atoms with E-state index in [9.17, 15) is 5.11 Å². The molecule has 0 saturated carbocycles. The third kappa shape index (κ3) is 3.12. The largest absolute Gasteiger partial charge is 0.492 e. The van der Waals surface area contributed by atoms with Crippen LogP contribution in [-0.4, -0.2) is 14.9 Å². The number of aryl methyl sites for hydroxylation is 1. The monoisotopic (exact) mass is 286 g/mol. The van der Waals surface area contributed by atoms with Crippen LogP contribution in [0.15, 0.2) is 24.3 Å². The van der Waals surface area contributed by atoms with E-state index in [0.717, 1.165) is 28.9 Å². The molecule has 3 heteroatoms. The third-order valence-electron chi connectivity index (χ3n) is 3.66. The van der Waals surface area contributed by atoms with Crippen LogP contribution in [0.3, 0.4) is 0 Å². The molecule has 0 bridgehead atoms. The molecule has 0 unspecified atom stereocenters. The molecule has 2 aromatic rings. The number of rotatable bonds is 3. The zero-order valence-electron chi connectivity index (χ0n) is 13.9. The first-order valence-corrected chi connectivity index (χ1v) is 7.59. The molecule has 0 fully saturated rings. The van der Waals surface area contributed by atoms with E-state index < -0.39 is 0 Å². The molecule has 0 aliphatic carbocycles. The molecule has 114 valence electrons. The summed E-state index contributed by atoms with van der Waals surface area (Å²) in [6.45, 7) is 12.8. The minimum Gasteiger partial charge on any atom is -0.492 e. The number of aromatic nitrogens is 2. The Balaban J connectivity index is 2.70. The maximum Gasteiger partial charge on any atom is 0.234 e. The average molecular weight is 286 g/mol. The number of benzene rings is 1. The predicted molar refractivity (Wildman–Crippen MR) is 87.2 cm³/mol. The summed E-state index contributed by atoms with van der Waals surface area (Å²) >= 11 is 0. The maximum absolute atomic E-state index is 10.4. The summed E-state index contributed by atoms with van der Waals surface area (Å²) in [6.07, 6.45) is 0.897. The molecular weight excluding hydrogens is 260 g/mol. The Hall–Kier alpha value is -1.77. The molecule has 2 rings (SSSR count). The Morgan fingerprint density at radius 1 is 1.19 bits per heavy atom. The van der Waals surface area contributed by atoms with Gasteiger partial charge in [0.2, 0.25) is 5.88 Å². The predicted octanol–water partition coefficient (Wildman–Crippen LogP) is 4.38. The van der Waals surface area contributed by atoms with Crippen LogP contribution < -0.4 is 0 Å². The van der Waals surface area contributed by atoms with Gasteiger partial charge >= 0.3 is 0 Å². The van der Waals surface area contributed by atoms with Crippen molar-refractivity contribution in [2.45, 2.75) is 53.4 Å². The number of aromatic hydroxyl groups is 1. The normalized spacial score (nSPS) is 12.1. The van der Waals surface area contributed by atoms with Gasteiger partial charge in [-0.3, -0.25) is 0 Å². The van der Waals surface area contributed by atoms with Crippen molar-refractivity contribution >= 4 is 0 Å². The van der Waals surface area contributed by atoms with E-state index in [-0.39, 0.29) is 11.3 Å². The van der Waals surface area contributed by atoms with Crippen LogP contribution >= 0.6 is 0 Å². The Labute approximate surface area is 127 Å². The molecule has 3 nitrogen and oxygen atoms in total. The van der Waals surface area contributed by atoms with E-state index in [0.29, 0.717) is 5.92 Å². The lowest BCUT2D eigenvalue weighted by Gasteiger charge is -2.21. The van der Waals surface area contributed by atoms with E-state index in [1.54, 1.807) is 0 Å². The average Bonchev–Trinajstić information content (AvgIpc) is 2.65. The molecule has 0 amide bonds. The molecular formula is C18H26N2O. The lowest BCUT2D eigenvalue weighted by Crippen LogP contribution is -2.16. The van der Waals surface area contributed by atoms with Gasteiger partial charge in [-0.1, -0.05) is 52.8 Å². The quantitative estimate of drug-likeness (QED) is 0.909. The summed E-state index contributed by atoms with van der Waals surface area (Å²) in [7, 11) is 0. The lowest BCUT2D eigenvalue weighted by atomic mass is 9.85. The number of para-hydroxylation sites is 1. The zero-order valence-corrected chi connectivity index (χ0v) is 13.9. The first-order chi connectivity index (χ1) is 9.71. The highest BCUT2D eigenvalue weighted by Crippen LogP contribution is 2.36. The second-order valence-electron chi connectivity index (χ2n) is 7.19. The van der Waals surface area contributed by atoms with Gasteiger partial charge < -0.3 is 5.11 Å². The van der Waals surface area contributed by atoms with Crippen molar-refractivity contribution in [3.63, 3.8) is 0 Å². The highest BCUT2D eigenvalue weighted by Gasteiger charge is 2.28. The lowest BCUT2D eigenvalue weighted by molar-refractivity contribution is 0.426. The summed E-state index contributed by atoms with van der Waals surface area (Å²) in [5.74, 6) is 0.659. The van der Waals surface area contributed by atoms with Gasteiger partial charge in [-0.15, -0.1) is 5.10 Å². The van der Waals surface area contributed by atoms with E-state index in [1.807, 2.05) is 16.8 Å². The minimum atomic E-state index is -0.130. The van der Waals surface area contributed by atoms with Crippen molar-refractivity contribution in [3.05, 3.63) is 41.1 Å². The molecule has 1 aromatic heterocycles. The van der Waals surface area contributed by atoms with Crippen LogP contribution in [0.2, 0.25) is 0 Å². The first kappa shape index (κ1) is 15.6. The van der Waals surface area contributed by atoms with Crippen LogP contribution in [0.1, 0.15) is 51.4 Å². The third-order valence-corrected chi connectivity index (χ3v) is 3.66. The first-order valence-electron chi connectivity index (χ1n) is 7.59. The summed E-state index contributed by atoms with van der Waals surface area (Å²) < 4.78 is 1.92. The zero-order chi connectivity index (χ0) is 15.8. The topological polar surface area (TPSA) is 38.0 Å². The maximum atomic E-state index is 10.4. The van der Waals surface area contributed by atoms with E-state index >= 15 is 0 Å². The minimum absolute atomic E-state index is 0.130. The number of hydrogen-bond donors (Lipinski definition) is 1. The van der Waals surface area contributed by atoms with E-state index in [1.165, 1.54) is 0 Å². The second kappa shape index (κ2) is 5.55. The number of hydrogen-bond acceptors (Lipinski definition) is 2. The van der Waals surface area contributed by atoms with Crippen molar-refractivity contribution in [2.75, 3.05) is 0 Å². The molecule has 0 aliphatic heterocycles. The van der Waals surface area contributed by atoms with Crippen molar-refractivity contribution < 1.29 is 5.11 Å². The van der Waals surface area contributed by atoms with Crippen LogP contribution in [0, 0.1) is 12.8 Å². The fourth-order valence-corrected chi connectivity index (χ4v) is 2.78. The van der Waals surface area contributed by atoms with Crippen LogP contribution in [-0.2, 0) is 11.8 Å². The van der Waals surface area contributed by atoms with Gasteiger partial charge in [-0.25, -0.2) is 4.68 Å². The second-order valence-corrected chi connectivity index (χ2v) is 7.19. The Morgan fingerprint density at radius 2 is 1.81 bits per heavy atom. The van der Waals surface area contributed by atoms with Crippen LogP contribution in [0.4, 0.5) is 0 Å². The molecule has 0 aliphatic rings. The van der Waals surface area contributed by atoms with Crippen molar-refractivity contribution in [2.24, 2.45) is 5.92 Å². The molecule has 0 spiro atoms. The summed E-state index contributed by atoms with van der Waals surface area (Å²) in [6, 6.07) is 8.16. The van der Waals surface area contributed by atoms with Gasteiger partial charge in [0, 0.05) is 5.56 Å². The Morgan fingerprint density at radius 3 is 2.33 bits per heavy atom. The van der Waals surface area contributed by atoms with E-state index in [2.05, 4.69) is 58.8 Å². The number of nitrogens with zero attached hydrogens (tertiary/aromatic N) is 2. The summed E-state index contributed by atoms with van der Waals surface area (Å²) in [4.78, 5) is 0. The molecule has 0 radical (unpaired) electrons. The summed E-state index contributed by atoms with van der Waals surface area (Å²) in [5.41, 5.74) is 4.14. The summed E-state index contributed by atoms with van der Waals surface area (Å²) in [5, 5.41) is 14.8. The van der Waals surface area contributed by atoms with Gasteiger partial charge in [0.25, 0.3) is 0 Å². The van der Waals surface area contributed by atoms with Gasteiger partial charge in [0.15, 0.2) is 0 Å². The molecule has 21 heavy (non-hydrogen) atoms.